The maximum Gasteiger partial charge on any atom is 0.0223 e. The van der Waals surface area contributed by atoms with Gasteiger partial charge in [-0.2, -0.15) is 0 Å². The molecule has 0 bridgehead atoms. The van der Waals surface area contributed by atoms with Crippen molar-refractivity contribution in [3.8, 4) is 0 Å². The zero-order valence-corrected chi connectivity index (χ0v) is 14.2. The smallest absolute Gasteiger partial charge is 0.0223 e. The van der Waals surface area contributed by atoms with Crippen molar-refractivity contribution >= 4 is 11.3 Å². The number of thiophene rings is 1. The molecule has 1 aliphatic heterocycles. The SMILES string of the molecule is CC1CCNC(C2CCCCC2)CN1CCc1cccs1. The van der Waals surface area contributed by atoms with Crippen molar-refractivity contribution in [2.45, 2.75) is 64.0 Å². The molecule has 3 rings (SSSR count). The minimum atomic E-state index is 0.728. The summed E-state index contributed by atoms with van der Waals surface area (Å²) in [5, 5.41) is 6.07. The topological polar surface area (TPSA) is 15.3 Å². The van der Waals surface area contributed by atoms with Crippen LogP contribution in [0.15, 0.2) is 17.5 Å². The van der Waals surface area contributed by atoms with Gasteiger partial charge in [-0.05, 0) is 56.5 Å². The lowest BCUT2D eigenvalue weighted by molar-refractivity contribution is 0.174. The lowest BCUT2D eigenvalue weighted by Gasteiger charge is -2.34. The Hall–Kier alpha value is -0.380. The lowest BCUT2D eigenvalue weighted by Crippen LogP contribution is -2.45. The van der Waals surface area contributed by atoms with E-state index < -0.39 is 0 Å². The van der Waals surface area contributed by atoms with Gasteiger partial charge in [0.2, 0.25) is 0 Å². The van der Waals surface area contributed by atoms with E-state index >= 15 is 0 Å². The molecular weight excluding hydrogens is 276 g/mol. The van der Waals surface area contributed by atoms with Crippen LogP contribution in [0.25, 0.3) is 0 Å². The van der Waals surface area contributed by atoms with E-state index in [-0.39, 0.29) is 0 Å². The Balaban J connectivity index is 1.57. The Kier molecular flexibility index (Phi) is 5.73. The third kappa shape index (κ3) is 4.30. The molecule has 118 valence electrons. The van der Waals surface area contributed by atoms with Gasteiger partial charge >= 0.3 is 0 Å². The number of hydrogen-bond donors (Lipinski definition) is 1. The van der Waals surface area contributed by atoms with E-state index in [1.807, 2.05) is 11.3 Å². The maximum absolute atomic E-state index is 3.87. The summed E-state index contributed by atoms with van der Waals surface area (Å²) in [6.45, 7) is 6.11. The number of rotatable bonds is 4. The van der Waals surface area contributed by atoms with Crippen molar-refractivity contribution in [3.05, 3.63) is 22.4 Å². The van der Waals surface area contributed by atoms with Gasteiger partial charge < -0.3 is 5.32 Å². The number of hydrogen-bond acceptors (Lipinski definition) is 3. The highest BCUT2D eigenvalue weighted by Crippen LogP contribution is 2.28. The monoisotopic (exact) mass is 306 g/mol. The Bertz CT molecular complexity index is 397. The average Bonchev–Trinajstić information content (AvgIpc) is 2.97. The van der Waals surface area contributed by atoms with Crippen molar-refractivity contribution in [1.82, 2.24) is 10.2 Å². The van der Waals surface area contributed by atoms with Gasteiger partial charge in [0, 0.05) is 30.1 Å². The molecule has 0 spiro atoms. The minimum Gasteiger partial charge on any atom is -0.312 e. The van der Waals surface area contributed by atoms with Crippen LogP contribution in [0.1, 0.15) is 50.3 Å². The molecule has 2 fully saturated rings. The molecule has 2 unspecified atom stereocenters. The van der Waals surface area contributed by atoms with Crippen LogP contribution in [0.4, 0.5) is 0 Å². The molecular formula is C18H30N2S. The molecule has 1 saturated heterocycles. The van der Waals surface area contributed by atoms with Crippen molar-refractivity contribution in [2.24, 2.45) is 5.92 Å². The second-order valence-corrected chi connectivity index (χ2v) is 7.95. The molecule has 1 aliphatic carbocycles. The first kappa shape index (κ1) is 15.5. The summed E-state index contributed by atoms with van der Waals surface area (Å²) in [7, 11) is 0. The first-order valence-corrected chi connectivity index (χ1v) is 9.70. The number of nitrogens with one attached hydrogen (secondary N) is 1. The van der Waals surface area contributed by atoms with Crippen LogP contribution >= 0.6 is 11.3 Å². The van der Waals surface area contributed by atoms with Gasteiger partial charge in [0.25, 0.3) is 0 Å². The van der Waals surface area contributed by atoms with Gasteiger partial charge in [0.1, 0.15) is 0 Å². The van der Waals surface area contributed by atoms with Crippen LogP contribution in [-0.2, 0) is 6.42 Å². The molecule has 2 aliphatic rings. The second kappa shape index (κ2) is 7.75. The third-order valence-corrected chi connectivity index (χ3v) is 6.40. The fourth-order valence-electron chi connectivity index (χ4n) is 4.03. The van der Waals surface area contributed by atoms with Gasteiger partial charge in [-0.3, -0.25) is 4.90 Å². The molecule has 2 nitrogen and oxygen atoms in total. The summed E-state index contributed by atoms with van der Waals surface area (Å²) in [4.78, 5) is 4.28. The van der Waals surface area contributed by atoms with E-state index in [0.717, 1.165) is 18.0 Å². The summed E-state index contributed by atoms with van der Waals surface area (Å²) >= 11 is 1.90. The minimum absolute atomic E-state index is 0.728. The molecule has 1 saturated carbocycles. The van der Waals surface area contributed by atoms with Gasteiger partial charge in [-0.15, -0.1) is 11.3 Å². The normalized spacial score (nSPS) is 29.4. The van der Waals surface area contributed by atoms with Crippen molar-refractivity contribution < 1.29 is 0 Å². The molecule has 0 radical (unpaired) electrons. The van der Waals surface area contributed by atoms with Gasteiger partial charge in [0.15, 0.2) is 0 Å². The Morgan fingerprint density at radius 1 is 1.24 bits per heavy atom. The summed E-state index contributed by atoms with van der Waals surface area (Å²) in [5.41, 5.74) is 0. The zero-order chi connectivity index (χ0) is 14.5. The first-order valence-electron chi connectivity index (χ1n) is 8.83. The molecule has 1 aromatic heterocycles. The average molecular weight is 307 g/mol. The van der Waals surface area contributed by atoms with E-state index in [0.29, 0.717) is 0 Å². The highest BCUT2D eigenvalue weighted by Gasteiger charge is 2.29. The summed E-state index contributed by atoms with van der Waals surface area (Å²) < 4.78 is 0. The molecule has 1 N–H and O–H groups in total. The molecule has 3 heteroatoms. The Morgan fingerprint density at radius 3 is 2.86 bits per heavy atom. The van der Waals surface area contributed by atoms with E-state index in [1.54, 1.807) is 0 Å². The molecule has 0 aromatic carbocycles. The highest BCUT2D eigenvalue weighted by molar-refractivity contribution is 7.09. The van der Waals surface area contributed by atoms with Crippen LogP contribution < -0.4 is 5.32 Å². The third-order valence-electron chi connectivity index (χ3n) is 5.47. The highest BCUT2D eigenvalue weighted by atomic mass is 32.1. The van der Waals surface area contributed by atoms with E-state index in [9.17, 15) is 0 Å². The van der Waals surface area contributed by atoms with Gasteiger partial charge in [-0.25, -0.2) is 0 Å². The van der Waals surface area contributed by atoms with Gasteiger partial charge in [0.05, 0.1) is 0 Å². The maximum atomic E-state index is 3.87. The van der Waals surface area contributed by atoms with Gasteiger partial charge in [-0.1, -0.05) is 25.3 Å². The summed E-state index contributed by atoms with van der Waals surface area (Å²) in [6, 6.07) is 5.92. The van der Waals surface area contributed by atoms with E-state index in [2.05, 4.69) is 34.7 Å². The predicted octanol–water partition coefficient (Wildman–Crippen LogP) is 3.92. The quantitative estimate of drug-likeness (QED) is 0.907. The molecule has 2 heterocycles. The molecule has 1 aromatic rings. The van der Waals surface area contributed by atoms with Crippen LogP contribution in [-0.4, -0.2) is 36.6 Å². The van der Waals surface area contributed by atoms with Crippen molar-refractivity contribution in [1.29, 1.82) is 0 Å². The van der Waals surface area contributed by atoms with Crippen molar-refractivity contribution in [3.63, 3.8) is 0 Å². The van der Waals surface area contributed by atoms with Crippen LogP contribution in [0.3, 0.4) is 0 Å². The van der Waals surface area contributed by atoms with E-state index in [4.69, 9.17) is 0 Å². The fourth-order valence-corrected chi connectivity index (χ4v) is 4.73. The Labute approximate surface area is 133 Å². The summed E-state index contributed by atoms with van der Waals surface area (Å²) in [6.07, 6.45) is 9.78. The first-order chi connectivity index (χ1) is 10.3. The predicted molar refractivity (Wildman–Crippen MR) is 92.0 cm³/mol. The Morgan fingerprint density at radius 2 is 2.10 bits per heavy atom. The van der Waals surface area contributed by atoms with Crippen LogP contribution in [0.5, 0.6) is 0 Å². The van der Waals surface area contributed by atoms with Crippen molar-refractivity contribution in [2.75, 3.05) is 19.6 Å². The number of nitrogens with zero attached hydrogens (tertiary/aromatic N) is 1. The fraction of sp³-hybridized carbons (Fsp3) is 0.778. The zero-order valence-electron chi connectivity index (χ0n) is 13.4. The van der Waals surface area contributed by atoms with E-state index in [1.165, 1.54) is 69.5 Å². The molecule has 2 atom stereocenters. The largest absolute Gasteiger partial charge is 0.312 e. The van der Waals surface area contributed by atoms with Crippen LogP contribution in [0, 0.1) is 5.92 Å². The standard InChI is InChI=1S/C18H30N2S/c1-15-9-11-19-18(16-6-3-2-4-7-16)14-20(15)12-10-17-8-5-13-21-17/h5,8,13,15-16,18-19H,2-4,6-7,9-12,14H2,1H3. The lowest BCUT2D eigenvalue weighted by atomic mass is 9.83. The molecule has 21 heavy (non-hydrogen) atoms. The summed E-state index contributed by atoms with van der Waals surface area (Å²) in [5.74, 6) is 0.924. The van der Waals surface area contributed by atoms with Crippen LogP contribution in [0.2, 0.25) is 0 Å². The molecule has 0 amide bonds. The second-order valence-electron chi connectivity index (χ2n) is 6.92.